The van der Waals surface area contributed by atoms with E-state index in [2.05, 4.69) is 10.2 Å². The fraction of sp³-hybridized carbons (Fsp3) is 0.857. The number of amides is 1. The minimum atomic E-state index is -0.723. The average Bonchev–Trinajstić information content (AvgIpc) is 3.18. The van der Waals surface area contributed by atoms with Gasteiger partial charge >= 0.3 is 5.97 Å². The summed E-state index contributed by atoms with van der Waals surface area (Å²) in [5.41, 5.74) is 0. The van der Waals surface area contributed by atoms with E-state index in [4.69, 9.17) is 5.11 Å². The number of piperidine rings is 1. The van der Waals surface area contributed by atoms with E-state index in [0.29, 0.717) is 18.4 Å². The Morgan fingerprint density at radius 2 is 2.00 bits per heavy atom. The predicted octanol–water partition coefficient (Wildman–Crippen LogP) is 1.09. The Balaban J connectivity index is 1.64. The van der Waals surface area contributed by atoms with Crippen LogP contribution in [-0.2, 0) is 9.59 Å². The molecule has 2 N–H and O–H groups in total. The molecule has 2 fully saturated rings. The lowest BCUT2D eigenvalue weighted by atomic mass is 9.93. The fourth-order valence-corrected chi connectivity index (χ4v) is 2.70. The number of nitrogens with one attached hydrogen (secondary N) is 1. The number of carbonyl (C=O) groups excluding carboxylic acids is 1. The highest BCUT2D eigenvalue weighted by Gasteiger charge is 2.24. The Kier molecular flexibility index (Phi) is 5.19. The number of aliphatic carboxylic acids is 1. The van der Waals surface area contributed by atoms with Crippen molar-refractivity contribution < 1.29 is 14.7 Å². The van der Waals surface area contributed by atoms with Gasteiger partial charge in [-0.15, -0.1) is 0 Å². The van der Waals surface area contributed by atoms with Crippen LogP contribution in [0.25, 0.3) is 0 Å². The molecule has 0 bridgehead atoms. The third-order valence-corrected chi connectivity index (χ3v) is 4.02. The van der Waals surface area contributed by atoms with Crippen LogP contribution >= 0.6 is 0 Å². The number of rotatable bonds is 7. The summed E-state index contributed by atoms with van der Waals surface area (Å²) in [5, 5.41) is 11.7. The molecule has 0 spiro atoms. The first-order valence-corrected chi connectivity index (χ1v) is 7.34. The topological polar surface area (TPSA) is 69.6 Å². The van der Waals surface area contributed by atoms with Crippen molar-refractivity contribution >= 4 is 11.9 Å². The Morgan fingerprint density at radius 1 is 1.21 bits per heavy atom. The first-order chi connectivity index (χ1) is 9.13. The largest absolute Gasteiger partial charge is 0.481 e. The normalized spacial score (nSPS) is 24.1. The number of hydrogen-bond donors (Lipinski definition) is 2. The van der Waals surface area contributed by atoms with Crippen molar-refractivity contribution in [2.45, 2.75) is 38.5 Å². The maximum atomic E-state index is 11.8. The zero-order chi connectivity index (χ0) is 13.7. The summed E-state index contributed by atoms with van der Waals surface area (Å²) in [5.74, 6) is 0.541. The van der Waals surface area contributed by atoms with Crippen molar-refractivity contribution in [2.24, 2.45) is 11.8 Å². The smallest absolute Gasteiger partial charge is 0.303 e. The van der Waals surface area contributed by atoms with E-state index in [1.54, 1.807) is 0 Å². The molecule has 1 unspecified atom stereocenters. The first-order valence-electron chi connectivity index (χ1n) is 7.34. The second-order valence-electron chi connectivity index (χ2n) is 5.92. The van der Waals surface area contributed by atoms with Crippen molar-refractivity contribution in [3.63, 3.8) is 0 Å². The van der Waals surface area contributed by atoms with Crippen molar-refractivity contribution in [3.8, 4) is 0 Å². The van der Waals surface area contributed by atoms with Crippen molar-refractivity contribution in [1.82, 2.24) is 10.2 Å². The van der Waals surface area contributed by atoms with Crippen molar-refractivity contribution in [1.29, 1.82) is 0 Å². The molecule has 1 heterocycles. The lowest BCUT2D eigenvalue weighted by Crippen LogP contribution is -2.43. The zero-order valence-electron chi connectivity index (χ0n) is 11.4. The monoisotopic (exact) mass is 268 g/mol. The molecule has 0 aromatic rings. The maximum Gasteiger partial charge on any atom is 0.303 e. The molecule has 0 aromatic heterocycles. The molecule has 2 aliphatic rings. The third kappa shape index (κ3) is 5.59. The summed E-state index contributed by atoms with van der Waals surface area (Å²) in [7, 11) is 0. The number of carboxylic acids is 1. The van der Waals surface area contributed by atoms with Gasteiger partial charge < -0.3 is 10.4 Å². The first kappa shape index (κ1) is 14.3. The van der Waals surface area contributed by atoms with E-state index in [1.807, 2.05) is 0 Å². The van der Waals surface area contributed by atoms with Crippen LogP contribution in [0.2, 0.25) is 0 Å². The van der Waals surface area contributed by atoms with Crippen LogP contribution in [0.5, 0.6) is 0 Å². The van der Waals surface area contributed by atoms with Gasteiger partial charge in [0.2, 0.25) is 5.91 Å². The Morgan fingerprint density at radius 3 is 2.68 bits per heavy atom. The lowest BCUT2D eigenvalue weighted by molar-refractivity contribution is -0.137. The van der Waals surface area contributed by atoms with Crippen molar-refractivity contribution in [2.75, 3.05) is 26.2 Å². The Labute approximate surface area is 114 Å². The van der Waals surface area contributed by atoms with Crippen LogP contribution in [0.1, 0.15) is 38.5 Å². The van der Waals surface area contributed by atoms with Crippen LogP contribution in [0.15, 0.2) is 0 Å². The van der Waals surface area contributed by atoms with Gasteiger partial charge in [0.15, 0.2) is 0 Å². The van der Waals surface area contributed by atoms with Crippen molar-refractivity contribution in [3.05, 3.63) is 0 Å². The molecule has 0 radical (unpaired) electrons. The molecule has 1 atom stereocenters. The molecule has 108 valence electrons. The van der Waals surface area contributed by atoms with Gasteiger partial charge in [0, 0.05) is 19.5 Å². The molecule has 1 aliphatic carbocycles. The van der Waals surface area contributed by atoms with Gasteiger partial charge in [-0.3, -0.25) is 14.5 Å². The van der Waals surface area contributed by atoms with Crippen LogP contribution in [0.4, 0.5) is 0 Å². The Hall–Kier alpha value is -1.10. The highest BCUT2D eigenvalue weighted by molar-refractivity contribution is 5.78. The quantitative estimate of drug-likeness (QED) is 0.725. The molecular weight excluding hydrogens is 244 g/mol. The van der Waals surface area contributed by atoms with Gasteiger partial charge in [0.1, 0.15) is 0 Å². The number of hydrogen-bond acceptors (Lipinski definition) is 3. The summed E-state index contributed by atoms with van der Waals surface area (Å²) in [6, 6.07) is 0. The second-order valence-corrected chi connectivity index (χ2v) is 5.92. The molecule has 5 nitrogen and oxygen atoms in total. The fourth-order valence-electron chi connectivity index (χ4n) is 2.70. The summed E-state index contributed by atoms with van der Waals surface area (Å²) >= 11 is 0. The molecule has 1 amide bonds. The van der Waals surface area contributed by atoms with Gasteiger partial charge in [-0.05, 0) is 50.5 Å². The average molecular weight is 268 g/mol. The van der Waals surface area contributed by atoms with Gasteiger partial charge in [0.05, 0.1) is 6.54 Å². The SMILES string of the molecule is O=C(O)CCC1CCCN(CC(=O)NCC2CC2)C1. The van der Waals surface area contributed by atoms with Gasteiger partial charge in [-0.2, -0.15) is 0 Å². The number of nitrogens with zero attached hydrogens (tertiary/aromatic N) is 1. The molecule has 2 rings (SSSR count). The number of likely N-dealkylation sites (tertiary alicyclic amines) is 1. The summed E-state index contributed by atoms with van der Waals surface area (Å²) in [6.45, 7) is 3.12. The molecule has 1 aliphatic heterocycles. The standard InChI is InChI=1S/C14H24N2O3/c17-13(15-8-11-3-4-11)10-16-7-1-2-12(9-16)5-6-14(18)19/h11-12H,1-10H2,(H,15,17)(H,18,19). The number of carbonyl (C=O) groups is 2. The third-order valence-electron chi connectivity index (χ3n) is 4.02. The second kappa shape index (κ2) is 6.89. The highest BCUT2D eigenvalue weighted by atomic mass is 16.4. The summed E-state index contributed by atoms with van der Waals surface area (Å²) in [6.07, 6.45) is 5.64. The number of carboxylic acid groups (broad SMARTS) is 1. The molecule has 1 saturated heterocycles. The zero-order valence-corrected chi connectivity index (χ0v) is 11.4. The van der Waals surface area contributed by atoms with E-state index in [9.17, 15) is 9.59 Å². The van der Waals surface area contributed by atoms with E-state index in [1.165, 1.54) is 12.8 Å². The van der Waals surface area contributed by atoms with Crippen LogP contribution < -0.4 is 5.32 Å². The minimum Gasteiger partial charge on any atom is -0.481 e. The van der Waals surface area contributed by atoms with Gasteiger partial charge in [0.25, 0.3) is 0 Å². The minimum absolute atomic E-state index is 0.116. The van der Waals surface area contributed by atoms with Crippen LogP contribution in [0, 0.1) is 11.8 Å². The predicted molar refractivity (Wildman–Crippen MR) is 71.8 cm³/mol. The maximum absolute atomic E-state index is 11.8. The van der Waals surface area contributed by atoms with E-state index >= 15 is 0 Å². The van der Waals surface area contributed by atoms with Gasteiger partial charge in [-0.25, -0.2) is 0 Å². The molecule has 19 heavy (non-hydrogen) atoms. The van der Waals surface area contributed by atoms with E-state index in [0.717, 1.165) is 38.9 Å². The lowest BCUT2D eigenvalue weighted by Gasteiger charge is -2.32. The summed E-state index contributed by atoms with van der Waals surface area (Å²) < 4.78 is 0. The van der Waals surface area contributed by atoms with E-state index < -0.39 is 5.97 Å². The van der Waals surface area contributed by atoms with E-state index in [-0.39, 0.29) is 12.3 Å². The molecular formula is C14H24N2O3. The molecule has 0 aromatic carbocycles. The van der Waals surface area contributed by atoms with Crippen LogP contribution in [0.3, 0.4) is 0 Å². The summed E-state index contributed by atoms with van der Waals surface area (Å²) in [4.78, 5) is 24.5. The highest BCUT2D eigenvalue weighted by Crippen LogP contribution is 2.27. The molecule has 1 saturated carbocycles. The molecule has 5 heteroatoms. The van der Waals surface area contributed by atoms with Gasteiger partial charge in [-0.1, -0.05) is 0 Å². The Bertz CT molecular complexity index is 329. The van der Waals surface area contributed by atoms with Crippen LogP contribution in [-0.4, -0.2) is 48.1 Å².